The topological polar surface area (TPSA) is 23.5 Å². The Morgan fingerprint density at radius 3 is 2.93 bits per heavy atom. The highest BCUT2D eigenvalue weighted by Gasteiger charge is 2.27. The van der Waals surface area contributed by atoms with Crippen molar-refractivity contribution in [3.05, 3.63) is 11.6 Å². The lowest BCUT2D eigenvalue weighted by Crippen LogP contribution is -2.46. The molecule has 2 atom stereocenters. The van der Waals surface area contributed by atoms with Crippen LogP contribution in [0.1, 0.15) is 32.6 Å². The number of hydrogen-bond acceptors (Lipinski definition) is 2. The van der Waals surface area contributed by atoms with Crippen molar-refractivity contribution in [2.75, 3.05) is 13.1 Å². The number of piperidine rings is 1. The van der Waals surface area contributed by atoms with Gasteiger partial charge in [-0.05, 0) is 25.8 Å². The molecule has 82 valence electrons. The Bertz CT molecular complexity index is 196. The van der Waals surface area contributed by atoms with Gasteiger partial charge < -0.3 is 5.11 Å². The molecule has 1 saturated heterocycles. The molecule has 0 aromatic carbocycles. The lowest BCUT2D eigenvalue weighted by molar-refractivity contribution is 0.0302. The molecule has 1 aliphatic heterocycles. The van der Waals surface area contributed by atoms with Gasteiger partial charge >= 0.3 is 0 Å². The van der Waals surface area contributed by atoms with Gasteiger partial charge in [-0.1, -0.05) is 31.5 Å². The van der Waals surface area contributed by atoms with Gasteiger partial charge in [-0.3, -0.25) is 4.90 Å². The Labute approximate surface area is 91.6 Å². The summed E-state index contributed by atoms with van der Waals surface area (Å²) < 4.78 is 0. The highest BCUT2D eigenvalue weighted by atomic mass is 35.5. The van der Waals surface area contributed by atoms with E-state index < -0.39 is 0 Å². The van der Waals surface area contributed by atoms with Crippen molar-refractivity contribution in [2.24, 2.45) is 0 Å². The van der Waals surface area contributed by atoms with Gasteiger partial charge in [0.2, 0.25) is 0 Å². The predicted octanol–water partition coefficient (Wildman–Crippen LogP) is 2.36. The molecule has 3 heteroatoms. The zero-order valence-corrected chi connectivity index (χ0v) is 9.63. The van der Waals surface area contributed by atoms with Gasteiger partial charge in [0.05, 0.1) is 6.10 Å². The molecule has 0 amide bonds. The molecule has 2 unspecified atom stereocenters. The normalized spacial score (nSPS) is 26.1. The monoisotopic (exact) mass is 217 g/mol. The third-order valence-electron chi connectivity index (χ3n) is 2.90. The zero-order chi connectivity index (χ0) is 10.6. The number of halogens is 1. The van der Waals surface area contributed by atoms with Crippen LogP contribution in [0.25, 0.3) is 0 Å². The van der Waals surface area contributed by atoms with E-state index >= 15 is 0 Å². The first-order valence-corrected chi connectivity index (χ1v) is 5.78. The van der Waals surface area contributed by atoms with E-state index in [1.165, 1.54) is 12.8 Å². The van der Waals surface area contributed by atoms with E-state index in [0.29, 0.717) is 11.6 Å². The largest absolute Gasteiger partial charge is 0.392 e. The molecule has 2 nitrogen and oxygen atoms in total. The maximum absolute atomic E-state index is 9.85. The number of nitrogens with zero attached hydrogens (tertiary/aromatic N) is 1. The Hall–Kier alpha value is -0.0500. The first kappa shape index (κ1) is 12.0. The Morgan fingerprint density at radius 1 is 1.64 bits per heavy atom. The smallest absolute Gasteiger partial charge is 0.0692 e. The van der Waals surface area contributed by atoms with Gasteiger partial charge in [-0.15, -0.1) is 0 Å². The second-order valence-electron chi connectivity index (χ2n) is 4.03. The van der Waals surface area contributed by atoms with E-state index in [4.69, 9.17) is 11.6 Å². The summed E-state index contributed by atoms with van der Waals surface area (Å²) in [5.41, 5.74) is 0. The van der Waals surface area contributed by atoms with Gasteiger partial charge in [-0.25, -0.2) is 0 Å². The van der Waals surface area contributed by atoms with E-state index in [0.717, 1.165) is 19.4 Å². The number of aliphatic hydroxyl groups excluding tert-OH is 1. The molecule has 1 fully saturated rings. The van der Waals surface area contributed by atoms with Crippen LogP contribution in [0.15, 0.2) is 11.6 Å². The minimum absolute atomic E-state index is 0.216. The van der Waals surface area contributed by atoms with Crippen LogP contribution in [0.2, 0.25) is 0 Å². The molecule has 1 heterocycles. The van der Waals surface area contributed by atoms with Crippen molar-refractivity contribution in [2.45, 2.75) is 44.8 Å². The molecule has 0 aliphatic carbocycles. The minimum Gasteiger partial charge on any atom is -0.392 e. The quantitative estimate of drug-likeness (QED) is 0.782. The van der Waals surface area contributed by atoms with Gasteiger partial charge in [0, 0.05) is 17.6 Å². The summed E-state index contributed by atoms with van der Waals surface area (Å²) in [7, 11) is 0. The molecule has 0 bridgehead atoms. The Balaban J connectivity index is 2.54. The summed E-state index contributed by atoms with van der Waals surface area (Å²) in [4.78, 5) is 2.26. The lowest BCUT2D eigenvalue weighted by atomic mass is 9.96. The predicted molar refractivity (Wildman–Crippen MR) is 60.5 cm³/mol. The molecule has 1 aliphatic rings. The van der Waals surface area contributed by atoms with Crippen LogP contribution in [0.4, 0.5) is 0 Å². The van der Waals surface area contributed by atoms with Crippen molar-refractivity contribution < 1.29 is 5.11 Å². The van der Waals surface area contributed by atoms with E-state index in [1.54, 1.807) is 0 Å². The summed E-state index contributed by atoms with van der Waals surface area (Å²) in [5.74, 6) is 0. The van der Waals surface area contributed by atoms with Crippen LogP contribution in [-0.2, 0) is 0 Å². The highest BCUT2D eigenvalue weighted by Crippen LogP contribution is 2.22. The van der Waals surface area contributed by atoms with E-state index in [9.17, 15) is 5.11 Å². The zero-order valence-electron chi connectivity index (χ0n) is 8.88. The van der Waals surface area contributed by atoms with Crippen LogP contribution in [0.5, 0.6) is 0 Å². The Morgan fingerprint density at radius 2 is 2.36 bits per heavy atom. The Kier molecular flexibility index (Phi) is 4.93. The second-order valence-corrected chi connectivity index (χ2v) is 4.56. The molecule has 0 aromatic heterocycles. The number of hydrogen-bond donors (Lipinski definition) is 1. The number of aliphatic hydroxyl groups is 1. The molecule has 14 heavy (non-hydrogen) atoms. The molecule has 0 radical (unpaired) electrons. The van der Waals surface area contributed by atoms with Crippen molar-refractivity contribution >= 4 is 11.6 Å². The highest BCUT2D eigenvalue weighted by molar-refractivity contribution is 6.29. The molecular formula is C11H20ClNO. The molecular weight excluding hydrogens is 198 g/mol. The maximum Gasteiger partial charge on any atom is 0.0692 e. The average molecular weight is 218 g/mol. The van der Waals surface area contributed by atoms with Crippen LogP contribution >= 0.6 is 11.6 Å². The van der Waals surface area contributed by atoms with E-state index in [2.05, 4.69) is 11.5 Å². The number of likely N-dealkylation sites (tertiary alicyclic amines) is 1. The van der Waals surface area contributed by atoms with Crippen LogP contribution in [0.3, 0.4) is 0 Å². The summed E-state index contributed by atoms with van der Waals surface area (Å²) in [6, 6.07) is 0.282. The first-order valence-electron chi connectivity index (χ1n) is 5.40. The van der Waals surface area contributed by atoms with Crippen molar-refractivity contribution in [3.63, 3.8) is 0 Å². The van der Waals surface area contributed by atoms with E-state index in [-0.39, 0.29) is 12.1 Å². The molecule has 1 rings (SSSR count). The second kappa shape index (κ2) is 5.74. The fourth-order valence-corrected chi connectivity index (χ4v) is 2.29. The van der Waals surface area contributed by atoms with E-state index in [1.807, 2.05) is 6.92 Å². The van der Waals surface area contributed by atoms with Gasteiger partial charge in [0.1, 0.15) is 0 Å². The van der Waals surface area contributed by atoms with Gasteiger partial charge in [-0.2, -0.15) is 0 Å². The molecule has 1 N–H and O–H groups in total. The summed E-state index contributed by atoms with van der Waals surface area (Å²) >= 11 is 5.81. The van der Waals surface area contributed by atoms with Crippen molar-refractivity contribution in [1.82, 2.24) is 4.90 Å². The van der Waals surface area contributed by atoms with Crippen molar-refractivity contribution in [3.8, 4) is 0 Å². The third kappa shape index (κ3) is 3.26. The molecule has 0 aromatic rings. The van der Waals surface area contributed by atoms with Crippen LogP contribution in [-0.4, -0.2) is 35.2 Å². The maximum atomic E-state index is 9.85. The SMILES string of the molecule is C=C(Cl)CN1CCCCC1C(O)CC. The molecule has 0 saturated carbocycles. The van der Waals surface area contributed by atoms with Crippen molar-refractivity contribution in [1.29, 1.82) is 0 Å². The van der Waals surface area contributed by atoms with Gasteiger partial charge in [0.25, 0.3) is 0 Å². The first-order chi connectivity index (χ1) is 6.65. The van der Waals surface area contributed by atoms with Crippen LogP contribution < -0.4 is 0 Å². The summed E-state index contributed by atoms with van der Waals surface area (Å²) in [6.07, 6.45) is 4.10. The fraction of sp³-hybridized carbons (Fsp3) is 0.818. The lowest BCUT2D eigenvalue weighted by Gasteiger charge is -2.38. The summed E-state index contributed by atoms with van der Waals surface area (Å²) in [5, 5.41) is 10.5. The van der Waals surface area contributed by atoms with Crippen LogP contribution in [0, 0.1) is 0 Å². The standard InChI is InChI=1S/C11H20ClNO/c1-3-11(14)10-6-4-5-7-13(10)8-9(2)12/h10-11,14H,2-8H2,1H3. The third-order valence-corrected chi connectivity index (χ3v) is 3.02. The average Bonchev–Trinajstić information content (AvgIpc) is 2.16. The minimum atomic E-state index is -0.216. The molecule has 0 spiro atoms. The number of rotatable bonds is 4. The summed E-state index contributed by atoms with van der Waals surface area (Å²) in [6.45, 7) is 7.48. The fourth-order valence-electron chi connectivity index (χ4n) is 2.14. The van der Waals surface area contributed by atoms with Gasteiger partial charge in [0.15, 0.2) is 0 Å².